The van der Waals surface area contributed by atoms with Crippen LogP contribution in [-0.4, -0.2) is 49.6 Å². The van der Waals surface area contributed by atoms with Crippen molar-refractivity contribution in [2.24, 2.45) is 10.4 Å². The molecule has 0 spiro atoms. The molecule has 0 aromatic heterocycles. The quantitative estimate of drug-likeness (QED) is 0.699. The Bertz CT molecular complexity index is 369. The molecule has 5 heteroatoms. The van der Waals surface area contributed by atoms with E-state index in [9.17, 15) is 9.18 Å². The Morgan fingerprint density at radius 3 is 2.76 bits per heavy atom. The van der Waals surface area contributed by atoms with Crippen LogP contribution in [0.2, 0.25) is 0 Å². The van der Waals surface area contributed by atoms with Crippen LogP contribution in [0.5, 0.6) is 0 Å². The van der Waals surface area contributed by atoms with Crippen LogP contribution >= 0.6 is 0 Å². The van der Waals surface area contributed by atoms with E-state index in [-0.39, 0.29) is 12.0 Å². The fourth-order valence-electron chi connectivity index (χ4n) is 2.49. The smallest absolute Gasteiger partial charge is 0.409 e. The molecular weight excluding hydrogens is 271 g/mol. The van der Waals surface area contributed by atoms with E-state index in [1.165, 1.54) is 17.7 Å². The highest BCUT2D eigenvalue weighted by Crippen LogP contribution is 2.24. The number of carbonyl (C=O) groups is 1. The highest BCUT2D eigenvalue weighted by atomic mass is 19.1. The van der Waals surface area contributed by atoms with Gasteiger partial charge in [0.25, 0.3) is 0 Å². The summed E-state index contributed by atoms with van der Waals surface area (Å²) in [6.07, 6.45) is 3.49. The number of piperidine rings is 1. The number of ether oxygens (including phenoxy) is 1. The summed E-state index contributed by atoms with van der Waals surface area (Å²) in [7, 11) is 1.59. The number of likely N-dealkylation sites (tertiary alicyclic amines) is 1. The lowest BCUT2D eigenvalue weighted by Crippen LogP contribution is -2.46. The zero-order valence-electron chi connectivity index (χ0n) is 13.8. The summed E-state index contributed by atoms with van der Waals surface area (Å²) in [5.74, 6) is 0. The number of amides is 1. The summed E-state index contributed by atoms with van der Waals surface area (Å²) < 4.78 is 19.1. The number of hydrogen-bond acceptors (Lipinski definition) is 3. The molecule has 1 unspecified atom stereocenters. The summed E-state index contributed by atoms with van der Waals surface area (Å²) in [6, 6.07) is 0. The number of hydrogen-bond donors (Lipinski definition) is 0. The number of carbonyl (C=O) groups excluding carboxylic acids is 1. The minimum Gasteiger partial charge on any atom is -0.449 e. The molecule has 1 aliphatic heterocycles. The fourth-order valence-corrected chi connectivity index (χ4v) is 2.49. The van der Waals surface area contributed by atoms with Crippen LogP contribution in [0.4, 0.5) is 9.18 Å². The van der Waals surface area contributed by atoms with E-state index in [1.54, 1.807) is 7.05 Å². The SMILES string of the molecule is CCCCCC(C)(C)COC(=O)N1CCC(=NC)C(F)C1. The minimum absolute atomic E-state index is 0.0221. The molecule has 0 aliphatic carbocycles. The standard InChI is InChI=1S/C16H29FN2O2/c1-5-6-7-9-16(2,3)12-21-15(20)19-10-8-14(18-4)13(17)11-19/h13H,5-12H2,1-4H3. The van der Waals surface area contributed by atoms with Gasteiger partial charge >= 0.3 is 6.09 Å². The number of nitrogens with zero attached hydrogens (tertiary/aromatic N) is 2. The summed E-state index contributed by atoms with van der Waals surface area (Å²) in [6.45, 7) is 7.31. The van der Waals surface area contributed by atoms with Crippen LogP contribution in [-0.2, 0) is 4.74 Å². The molecule has 1 atom stereocenters. The van der Waals surface area contributed by atoms with Crippen LogP contribution in [0, 0.1) is 5.41 Å². The molecule has 21 heavy (non-hydrogen) atoms. The number of aliphatic imine (C=N–C) groups is 1. The van der Waals surface area contributed by atoms with Gasteiger partial charge in [0.15, 0.2) is 6.17 Å². The van der Waals surface area contributed by atoms with Crippen LogP contribution in [0.15, 0.2) is 4.99 Å². The van der Waals surface area contributed by atoms with Crippen molar-refractivity contribution >= 4 is 11.8 Å². The van der Waals surface area contributed by atoms with Gasteiger partial charge in [0.2, 0.25) is 0 Å². The molecule has 1 heterocycles. The first-order valence-electron chi connectivity index (χ1n) is 7.91. The lowest BCUT2D eigenvalue weighted by Gasteiger charge is -2.31. The van der Waals surface area contributed by atoms with Crippen LogP contribution < -0.4 is 0 Å². The lowest BCUT2D eigenvalue weighted by molar-refractivity contribution is 0.0579. The topological polar surface area (TPSA) is 41.9 Å². The number of alkyl halides is 1. The molecule has 1 amide bonds. The zero-order chi connectivity index (χ0) is 15.9. The van der Waals surface area contributed by atoms with Gasteiger partial charge in [0.05, 0.1) is 13.2 Å². The molecule has 1 aliphatic rings. The summed E-state index contributed by atoms with van der Waals surface area (Å²) in [4.78, 5) is 17.4. The molecule has 0 radical (unpaired) electrons. The molecule has 1 rings (SSSR count). The molecule has 0 bridgehead atoms. The molecule has 1 fully saturated rings. The van der Waals surface area contributed by atoms with E-state index in [0.29, 0.717) is 25.3 Å². The Balaban J connectivity index is 2.37. The van der Waals surface area contributed by atoms with E-state index >= 15 is 0 Å². The van der Waals surface area contributed by atoms with Gasteiger partial charge in [-0.15, -0.1) is 0 Å². The predicted octanol–water partition coefficient (Wildman–Crippen LogP) is 3.84. The minimum atomic E-state index is -1.16. The van der Waals surface area contributed by atoms with Gasteiger partial charge in [-0.25, -0.2) is 9.18 Å². The highest BCUT2D eigenvalue weighted by Gasteiger charge is 2.29. The Labute approximate surface area is 127 Å². The third-order valence-corrected chi connectivity index (χ3v) is 3.97. The summed E-state index contributed by atoms with van der Waals surface area (Å²) in [5.41, 5.74) is 0.519. The molecular formula is C16H29FN2O2. The maximum atomic E-state index is 13.8. The summed E-state index contributed by atoms with van der Waals surface area (Å²) >= 11 is 0. The van der Waals surface area contributed by atoms with E-state index in [0.717, 1.165) is 12.8 Å². The Hall–Kier alpha value is -1.13. The van der Waals surface area contributed by atoms with Gasteiger partial charge in [-0.05, 0) is 11.8 Å². The van der Waals surface area contributed by atoms with Crippen molar-refractivity contribution in [2.75, 3.05) is 26.7 Å². The number of halogens is 1. The average molecular weight is 300 g/mol. The molecule has 0 saturated carbocycles. The molecule has 0 aromatic carbocycles. The largest absolute Gasteiger partial charge is 0.449 e. The maximum absolute atomic E-state index is 13.8. The molecule has 0 aromatic rings. The Morgan fingerprint density at radius 1 is 1.48 bits per heavy atom. The van der Waals surface area contributed by atoms with Crippen molar-refractivity contribution in [2.45, 2.75) is 59.0 Å². The van der Waals surface area contributed by atoms with Crippen molar-refractivity contribution in [3.8, 4) is 0 Å². The number of rotatable bonds is 6. The second-order valence-electron chi connectivity index (χ2n) is 6.55. The Morgan fingerprint density at radius 2 is 2.19 bits per heavy atom. The predicted molar refractivity (Wildman–Crippen MR) is 83.7 cm³/mol. The maximum Gasteiger partial charge on any atom is 0.409 e. The van der Waals surface area contributed by atoms with Crippen molar-refractivity contribution < 1.29 is 13.9 Å². The molecule has 1 saturated heterocycles. The van der Waals surface area contributed by atoms with E-state index < -0.39 is 12.3 Å². The van der Waals surface area contributed by atoms with E-state index in [4.69, 9.17) is 4.74 Å². The van der Waals surface area contributed by atoms with Crippen LogP contribution in [0.3, 0.4) is 0 Å². The Kier molecular flexibility index (Phi) is 7.12. The van der Waals surface area contributed by atoms with Crippen LogP contribution in [0.25, 0.3) is 0 Å². The van der Waals surface area contributed by atoms with Gasteiger partial charge in [0.1, 0.15) is 0 Å². The molecule has 122 valence electrons. The summed E-state index contributed by atoms with van der Waals surface area (Å²) in [5, 5.41) is 0. The van der Waals surface area contributed by atoms with Crippen molar-refractivity contribution in [1.29, 1.82) is 0 Å². The fraction of sp³-hybridized carbons (Fsp3) is 0.875. The van der Waals surface area contributed by atoms with E-state index in [2.05, 4.69) is 25.8 Å². The number of unbranched alkanes of at least 4 members (excludes halogenated alkanes) is 2. The first kappa shape index (κ1) is 17.9. The first-order valence-corrected chi connectivity index (χ1v) is 7.91. The third-order valence-electron chi connectivity index (χ3n) is 3.97. The second-order valence-corrected chi connectivity index (χ2v) is 6.55. The van der Waals surface area contributed by atoms with Crippen molar-refractivity contribution in [3.63, 3.8) is 0 Å². The highest BCUT2D eigenvalue weighted by molar-refractivity contribution is 5.90. The molecule has 0 N–H and O–H groups in total. The van der Waals surface area contributed by atoms with Gasteiger partial charge in [-0.3, -0.25) is 4.99 Å². The van der Waals surface area contributed by atoms with Gasteiger partial charge < -0.3 is 9.64 Å². The van der Waals surface area contributed by atoms with E-state index in [1.807, 2.05) is 0 Å². The zero-order valence-corrected chi connectivity index (χ0v) is 13.8. The second kappa shape index (κ2) is 8.35. The lowest BCUT2D eigenvalue weighted by atomic mass is 9.88. The van der Waals surface area contributed by atoms with Gasteiger partial charge in [-0.2, -0.15) is 0 Å². The monoisotopic (exact) mass is 300 g/mol. The molecule has 4 nitrogen and oxygen atoms in total. The average Bonchev–Trinajstić information content (AvgIpc) is 2.45. The van der Waals surface area contributed by atoms with Crippen molar-refractivity contribution in [1.82, 2.24) is 4.90 Å². The normalized spacial score (nSPS) is 21.7. The van der Waals surface area contributed by atoms with Crippen molar-refractivity contribution in [3.05, 3.63) is 0 Å². The van der Waals surface area contributed by atoms with Gasteiger partial charge in [-0.1, -0.05) is 40.0 Å². The van der Waals surface area contributed by atoms with Crippen LogP contribution in [0.1, 0.15) is 52.9 Å². The first-order chi connectivity index (χ1) is 9.89. The third kappa shape index (κ3) is 6.02. The van der Waals surface area contributed by atoms with Gasteiger partial charge in [0, 0.05) is 25.7 Å².